The molecule has 0 fully saturated rings. The fourth-order valence-electron chi connectivity index (χ4n) is 2.07. The second-order valence-electron chi connectivity index (χ2n) is 4.48. The second kappa shape index (κ2) is 5.20. The summed E-state index contributed by atoms with van der Waals surface area (Å²) < 4.78 is 7.20. The van der Waals surface area contributed by atoms with E-state index >= 15 is 0 Å². The summed E-state index contributed by atoms with van der Waals surface area (Å²) in [5, 5.41) is 17.0. The van der Waals surface area contributed by atoms with E-state index < -0.39 is 11.4 Å². The van der Waals surface area contributed by atoms with Gasteiger partial charge >= 0.3 is 5.97 Å². The molecule has 98 valence electrons. The zero-order chi connectivity index (χ0) is 13.0. The molecule has 0 saturated carbocycles. The number of hydrogen-bond acceptors (Lipinski definition) is 4. The van der Waals surface area contributed by atoms with Crippen LogP contribution in [0.4, 0.5) is 0 Å². The molecule has 18 heavy (non-hydrogen) atoms. The molecule has 0 spiro atoms. The fraction of sp³-hybridized carbons (Fsp3) is 0.583. The predicted molar refractivity (Wildman–Crippen MR) is 64.3 cm³/mol. The van der Waals surface area contributed by atoms with E-state index in [0.717, 1.165) is 6.42 Å². The van der Waals surface area contributed by atoms with E-state index in [1.165, 1.54) is 6.20 Å². The van der Waals surface area contributed by atoms with Crippen molar-refractivity contribution in [2.24, 2.45) is 5.41 Å². The van der Waals surface area contributed by atoms with Crippen molar-refractivity contribution in [2.45, 2.75) is 32.7 Å². The summed E-state index contributed by atoms with van der Waals surface area (Å²) in [7, 11) is 0. The Morgan fingerprint density at radius 3 is 3.06 bits per heavy atom. The maximum absolute atomic E-state index is 11.4. The number of ether oxygens (including phenoxy) is 1. The van der Waals surface area contributed by atoms with Crippen LogP contribution in [0.15, 0.2) is 18.3 Å². The van der Waals surface area contributed by atoms with Gasteiger partial charge in [0.1, 0.15) is 18.2 Å². The Labute approximate surface area is 105 Å². The molecular weight excluding hydrogens is 234 g/mol. The van der Waals surface area contributed by atoms with Crippen molar-refractivity contribution in [2.75, 3.05) is 6.61 Å². The van der Waals surface area contributed by atoms with Crippen molar-refractivity contribution in [3.8, 4) is 5.88 Å². The first-order valence-corrected chi connectivity index (χ1v) is 6.07. The number of aliphatic carboxylic acids is 1. The van der Waals surface area contributed by atoms with Gasteiger partial charge < -0.3 is 9.84 Å². The zero-order valence-corrected chi connectivity index (χ0v) is 10.4. The molecular formula is C12H17N3O3. The van der Waals surface area contributed by atoms with Gasteiger partial charge in [-0.1, -0.05) is 17.4 Å². The molecule has 6 heteroatoms. The van der Waals surface area contributed by atoms with Crippen molar-refractivity contribution in [1.29, 1.82) is 0 Å². The summed E-state index contributed by atoms with van der Waals surface area (Å²) in [4.78, 5) is 11.4. The number of hydrogen-bond donors (Lipinski definition) is 1. The van der Waals surface area contributed by atoms with E-state index in [0.29, 0.717) is 25.3 Å². The molecule has 1 atom stereocenters. The van der Waals surface area contributed by atoms with Crippen LogP contribution in [0.25, 0.3) is 0 Å². The fourth-order valence-corrected chi connectivity index (χ4v) is 2.07. The van der Waals surface area contributed by atoms with Crippen molar-refractivity contribution >= 4 is 5.97 Å². The van der Waals surface area contributed by atoms with E-state index in [9.17, 15) is 9.90 Å². The molecule has 0 saturated heterocycles. The average molecular weight is 251 g/mol. The van der Waals surface area contributed by atoms with E-state index in [4.69, 9.17) is 4.74 Å². The third-order valence-electron chi connectivity index (χ3n) is 3.30. The van der Waals surface area contributed by atoms with Crippen LogP contribution in [-0.4, -0.2) is 32.7 Å². The normalized spacial score (nSPS) is 22.9. The van der Waals surface area contributed by atoms with Crippen LogP contribution in [0, 0.1) is 5.41 Å². The van der Waals surface area contributed by atoms with Crippen LogP contribution in [0.5, 0.6) is 5.88 Å². The van der Waals surface area contributed by atoms with Gasteiger partial charge in [0.05, 0.1) is 0 Å². The summed E-state index contributed by atoms with van der Waals surface area (Å²) in [6.07, 6.45) is 7.33. The molecule has 1 unspecified atom stereocenters. The topological polar surface area (TPSA) is 77.2 Å². The first kappa shape index (κ1) is 12.6. The van der Waals surface area contributed by atoms with Crippen LogP contribution in [0.1, 0.15) is 26.2 Å². The van der Waals surface area contributed by atoms with Gasteiger partial charge in [0.15, 0.2) is 0 Å². The molecule has 1 aliphatic carbocycles. The minimum atomic E-state index is -0.822. The summed E-state index contributed by atoms with van der Waals surface area (Å²) in [5.41, 5.74) is -0.822. The van der Waals surface area contributed by atoms with Crippen LogP contribution < -0.4 is 4.74 Å². The quantitative estimate of drug-likeness (QED) is 0.802. The molecule has 6 nitrogen and oxygen atoms in total. The second-order valence-corrected chi connectivity index (χ2v) is 4.48. The molecule has 0 aromatic carbocycles. The van der Waals surface area contributed by atoms with Crippen LogP contribution in [-0.2, 0) is 11.3 Å². The molecule has 2 rings (SSSR count). The smallest absolute Gasteiger partial charge is 0.313 e. The van der Waals surface area contributed by atoms with E-state index in [-0.39, 0.29) is 6.61 Å². The molecule has 0 radical (unpaired) electrons. The molecule has 1 aromatic heterocycles. The lowest BCUT2D eigenvalue weighted by molar-refractivity contribution is -0.151. The highest BCUT2D eigenvalue weighted by Crippen LogP contribution is 2.33. The molecule has 0 aliphatic heterocycles. The van der Waals surface area contributed by atoms with Gasteiger partial charge in [0, 0.05) is 6.54 Å². The maximum Gasteiger partial charge on any atom is 0.313 e. The van der Waals surface area contributed by atoms with E-state index in [2.05, 4.69) is 10.3 Å². The summed E-state index contributed by atoms with van der Waals surface area (Å²) in [6.45, 7) is 2.73. The van der Waals surface area contributed by atoms with Gasteiger partial charge in [-0.3, -0.25) is 4.79 Å². The lowest BCUT2D eigenvalue weighted by atomic mass is 9.78. The Morgan fingerprint density at radius 1 is 1.61 bits per heavy atom. The van der Waals surface area contributed by atoms with Gasteiger partial charge in [0.2, 0.25) is 5.88 Å². The minimum Gasteiger partial charge on any atom is -0.481 e. The van der Waals surface area contributed by atoms with Crippen molar-refractivity contribution in [1.82, 2.24) is 15.0 Å². The van der Waals surface area contributed by atoms with Crippen LogP contribution in [0.2, 0.25) is 0 Å². The van der Waals surface area contributed by atoms with Crippen molar-refractivity contribution in [3.63, 3.8) is 0 Å². The lowest BCUT2D eigenvalue weighted by Gasteiger charge is -2.29. The van der Waals surface area contributed by atoms with Crippen molar-refractivity contribution < 1.29 is 14.6 Å². The first-order chi connectivity index (χ1) is 8.68. The van der Waals surface area contributed by atoms with Gasteiger partial charge in [0.25, 0.3) is 0 Å². The number of allylic oxidation sites excluding steroid dienone is 2. The highest BCUT2D eigenvalue weighted by molar-refractivity contribution is 5.75. The number of carbonyl (C=O) groups is 1. The van der Waals surface area contributed by atoms with Crippen molar-refractivity contribution in [3.05, 3.63) is 18.3 Å². The Morgan fingerprint density at radius 2 is 2.44 bits per heavy atom. The van der Waals surface area contributed by atoms with E-state index in [1.807, 2.05) is 19.1 Å². The maximum atomic E-state index is 11.4. The number of aromatic nitrogens is 3. The highest BCUT2D eigenvalue weighted by Gasteiger charge is 2.39. The SMILES string of the molecule is CCn1nncc1OCC1(C(=O)O)CC=CCC1. The number of aryl methyl sites for hydroxylation is 1. The Bertz CT molecular complexity index is 455. The summed E-state index contributed by atoms with van der Waals surface area (Å²) in [6, 6.07) is 0. The number of carboxylic acids is 1. The van der Waals surface area contributed by atoms with Crippen LogP contribution >= 0.6 is 0 Å². The zero-order valence-electron chi connectivity index (χ0n) is 10.4. The third-order valence-corrected chi connectivity index (χ3v) is 3.30. The monoisotopic (exact) mass is 251 g/mol. The first-order valence-electron chi connectivity index (χ1n) is 6.07. The van der Waals surface area contributed by atoms with E-state index in [1.54, 1.807) is 4.68 Å². The number of nitrogens with zero attached hydrogens (tertiary/aromatic N) is 3. The van der Waals surface area contributed by atoms with Gasteiger partial charge in [-0.05, 0) is 26.2 Å². The predicted octanol–water partition coefficient (Wildman–Crippen LogP) is 1.49. The molecule has 0 amide bonds. The Balaban J connectivity index is 2.07. The molecule has 1 aliphatic rings. The number of carboxylic acid groups (broad SMARTS) is 1. The molecule has 0 bridgehead atoms. The Hall–Kier alpha value is -1.85. The van der Waals surface area contributed by atoms with Gasteiger partial charge in [-0.25, -0.2) is 4.68 Å². The highest BCUT2D eigenvalue weighted by atomic mass is 16.5. The molecule has 1 heterocycles. The van der Waals surface area contributed by atoms with Gasteiger partial charge in [-0.15, -0.1) is 5.10 Å². The summed E-state index contributed by atoms with van der Waals surface area (Å²) >= 11 is 0. The number of rotatable bonds is 5. The molecule has 1 aromatic rings. The summed E-state index contributed by atoms with van der Waals surface area (Å²) in [5.74, 6) is -0.282. The minimum absolute atomic E-state index is 0.153. The molecule has 1 N–H and O–H groups in total. The van der Waals surface area contributed by atoms with Gasteiger partial charge in [-0.2, -0.15) is 0 Å². The lowest BCUT2D eigenvalue weighted by Crippen LogP contribution is -2.38. The standard InChI is InChI=1S/C12H17N3O3/c1-2-15-10(8-13-14-15)18-9-12(11(16)17)6-4-3-5-7-12/h3-4,8H,2,5-7,9H2,1H3,(H,16,17). The average Bonchev–Trinajstić information content (AvgIpc) is 2.84. The largest absolute Gasteiger partial charge is 0.481 e. The van der Waals surface area contributed by atoms with Crippen LogP contribution in [0.3, 0.4) is 0 Å². The Kier molecular flexibility index (Phi) is 3.64. The third kappa shape index (κ3) is 2.37.